The van der Waals surface area contributed by atoms with Gasteiger partial charge in [-0.1, -0.05) is 42.4 Å². The predicted molar refractivity (Wildman–Crippen MR) is 105 cm³/mol. The zero-order valence-electron chi connectivity index (χ0n) is 16.6. The molecule has 0 saturated heterocycles. The average Bonchev–Trinajstić information content (AvgIpc) is 3.13. The van der Waals surface area contributed by atoms with Crippen LogP contribution in [0.2, 0.25) is 0 Å². The van der Waals surface area contributed by atoms with Crippen molar-refractivity contribution in [1.29, 1.82) is 0 Å². The minimum absolute atomic E-state index is 0.202. The summed E-state index contributed by atoms with van der Waals surface area (Å²) in [5.41, 5.74) is 3.07. The second-order valence-electron chi connectivity index (χ2n) is 8.27. The van der Waals surface area contributed by atoms with E-state index in [1.165, 1.54) is 24.3 Å². The first-order chi connectivity index (χ1) is 13.9. The Hall–Kier alpha value is -2.50. The average molecular weight is 422 g/mol. The molecule has 0 saturated carbocycles. The first-order valence-corrected chi connectivity index (χ1v) is 9.66. The van der Waals surface area contributed by atoms with E-state index >= 15 is 0 Å². The van der Waals surface area contributed by atoms with E-state index < -0.39 is 23.5 Å². The van der Waals surface area contributed by atoms with Crippen LogP contribution < -0.4 is 0 Å². The number of fused-ring (bicyclic) bond motifs is 2. The molecule has 0 aromatic heterocycles. The molecule has 0 heterocycles. The van der Waals surface area contributed by atoms with E-state index in [-0.39, 0.29) is 17.8 Å². The Kier molecular flexibility index (Phi) is 4.68. The summed E-state index contributed by atoms with van der Waals surface area (Å²) in [6.07, 6.45) is -5.15. The van der Waals surface area contributed by atoms with E-state index in [1.807, 2.05) is 32.9 Å². The molecule has 0 spiro atoms. The summed E-state index contributed by atoms with van der Waals surface area (Å²) in [5.74, 6) is -0.792. The van der Waals surface area contributed by atoms with Crippen LogP contribution in [0.3, 0.4) is 0 Å². The summed E-state index contributed by atoms with van der Waals surface area (Å²) in [6.45, 7) is 5.65. The van der Waals surface area contributed by atoms with Crippen molar-refractivity contribution in [3.05, 3.63) is 80.9 Å². The lowest BCUT2D eigenvalue weighted by Gasteiger charge is -2.30. The molecule has 0 amide bonds. The predicted octanol–water partition coefficient (Wildman–Crippen LogP) is 8.06. The van der Waals surface area contributed by atoms with Gasteiger partial charge in [-0.15, -0.1) is 0 Å². The minimum Gasteiger partial charge on any atom is -0.166 e. The standard InChI is InChI=1S/C24H20F6/c1-12-8-15-4-6-17(23(25,26)27)10-19(15)21(12)14(3)22-13(2)9-16-5-7-18(11-20(16)22)24(28,29)30/h4-11,14,21-22H,1-3H3. The quantitative estimate of drug-likeness (QED) is 0.429. The molecule has 2 aromatic carbocycles. The number of allylic oxidation sites excluding steroid dienone is 2. The van der Waals surface area contributed by atoms with Crippen molar-refractivity contribution in [3.63, 3.8) is 0 Å². The molecule has 2 atom stereocenters. The van der Waals surface area contributed by atoms with Crippen LogP contribution in [-0.2, 0) is 12.4 Å². The second kappa shape index (κ2) is 6.76. The van der Waals surface area contributed by atoms with Gasteiger partial charge in [0, 0.05) is 11.8 Å². The summed E-state index contributed by atoms with van der Waals surface area (Å²) in [6, 6.07) is 7.46. The second-order valence-corrected chi connectivity index (χ2v) is 8.27. The molecule has 6 heteroatoms. The molecule has 0 aliphatic heterocycles. The minimum atomic E-state index is -4.45. The van der Waals surface area contributed by atoms with Gasteiger partial charge >= 0.3 is 12.4 Å². The van der Waals surface area contributed by atoms with Crippen LogP contribution in [0.15, 0.2) is 47.5 Å². The van der Waals surface area contributed by atoms with Crippen molar-refractivity contribution in [2.75, 3.05) is 0 Å². The molecule has 0 bridgehead atoms. The van der Waals surface area contributed by atoms with E-state index in [4.69, 9.17) is 0 Å². The van der Waals surface area contributed by atoms with E-state index in [0.29, 0.717) is 11.1 Å². The van der Waals surface area contributed by atoms with Crippen molar-refractivity contribution in [1.82, 2.24) is 0 Å². The van der Waals surface area contributed by atoms with Crippen molar-refractivity contribution >= 4 is 12.2 Å². The maximum atomic E-state index is 13.3. The third kappa shape index (κ3) is 3.36. The van der Waals surface area contributed by atoms with E-state index in [0.717, 1.165) is 34.4 Å². The Balaban J connectivity index is 1.76. The number of halogens is 6. The monoisotopic (exact) mass is 422 g/mol. The molecular formula is C24H20F6. The van der Waals surface area contributed by atoms with Crippen molar-refractivity contribution in [2.24, 2.45) is 5.92 Å². The van der Waals surface area contributed by atoms with Crippen LogP contribution in [0.1, 0.15) is 66.0 Å². The van der Waals surface area contributed by atoms with Gasteiger partial charge < -0.3 is 0 Å². The lowest BCUT2D eigenvalue weighted by atomic mass is 9.73. The van der Waals surface area contributed by atoms with Crippen LogP contribution >= 0.6 is 0 Å². The molecular weight excluding hydrogens is 402 g/mol. The first-order valence-electron chi connectivity index (χ1n) is 9.66. The summed E-state index contributed by atoms with van der Waals surface area (Å²) in [4.78, 5) is 0. The number of rotatable bonds is 2. The maximum absolute atomic E-state index is 13.3. The lowest BCUT2D eigenvalue weighted by Crippen LogP contribution is -2.19. The molecule has 0 N–H and O–H groups in total. The van der Waals surface area contributed by atoms with Gasteiger partial charge in [-0.3, -0.25) is 0 Å². The van der Waals surface area contributed by atoms with Gasteiger partial charge in [0.25, 0.3) is 0 Å². The third-order valence-corrected chi connectivity index (χ3v) is 6.30. The molecule has 0 fully saturated rings. The lowest BCUT2D eigenvalue weighted by molar-refractivity contribution is -0.138. The molecule has 158 valence electrons. The smallest absolute Gasteiger partial charge is 0.166 e. The van der Waals surface area contributed by atoms with E-state index in [2.05, 4.69) is 0 Å². The zero-order valence-corrected chi connectivity index (χ0v) is 16.6. The number of hydrogen-bond donors (Lipinski definition) is 0. The molecule has 2 aliphatic rings. The largest absolute Gasteiger partial charge is 0.416 e. The number of benzene rings is 2. The van der Waals surface area contributed by atoms with Gasteiger partial charge in [0.2, 0.25) is 0 Å². The highest BCUT2D eigenvalue weighted by Crippen LogP contribution is 2.52. The third-order valence-electron chi connectivity index (χ3n) is 6.30. The number of alkyl halides is 6. The van der Waals surface area contributed by atoms with Gasteiger partial charge in [-0.2, -0.15) is 26.3 Å². The van der Waals surface area contributed by atoms with Gasteiger partial charge in [0.05, 0.1) is 11.1 Å². The summed E-state index contributed by atoms with van der Waals surface area (Å²) in [7, 11) is 0. The Labute approximate surface area is 170 Å². The van der Waals surface area contributed by atoms with Gasteiger partial charge in [-0.05, 0) is 66.3 Å². The van der Waals surface area contributed by atoms with Gasteiger partial charge in [0.1, 0.15) is 0 Å². The van der Waals surface area contributed by atoms with Crippen LogP contribution in [-0.4, -0.2) is 0 Å². The van der Waals surface area contributed by atoms with Crippen LogP contribution in [0.25, 0.3) is 12.2 Å². The summed E-state index contributed by atoms with van der Waals surface area (Å²) >= 11 is 0. The Morgan fingerprint density at radius 2 is 1.03 bits per heavy atom. The fourth-order valence-corrected chi connectivity index (χ4v) is 5.05. The summed E-state index contributed by atoms with van der Waals surface area (Å²) < 4.78 is 79.6. The normalized spacial score (nSPS) is 21.8. The Morgan fingerprint density at radius 1 is 0.667 bits per heavy atom. The highest BCUT2D eigenvalue weighted by Gasteiger charge is 2.40. The topological polar surface area (TPSA) is 0 Å². The van der Waals surface area contributed by atoms with E-state index in [9.17, 15) is 26.3 Å². The van der Waals surface area contributed by atoms with Crippen molar-refractivity contribution in [3.8, 4) is 0 Å². The zero-order chi connectivity index (χ0) is 22.0. The van der Waals surface area contributed by atoms with Crippen molar-refractivity contribution < 1.29 is 26.3 Å². The highest BCUT2D eigenvalue weighted by atomic mass is 19.4. The summed E-state index contributed by atoms with van der Waals surface area (Å²) in [5, 5.41) is 0. The Bertz CT molecular complexity index is 983. The maximum Gasteiger partial charge on any atom is 0.416 e. The van der Waals surface area contributed by atoms with Crippen LogP contribution in [0.5, 0.6) is 0 Å². The van der Waals surface area contributed by atoms with Gasteiger partial charge in [-0.25, -0.2) is 0 Å². The number of hydrogen-bond acceptors (Lipinski definition) is 0. The SMILES string of the molecule is CC1=Cc2ccc(C(F)(F)F)cc2C1C(C)C1C(C)=Cc2ccc(C(F)(F)F)cc21. The van der Waals surface area contributed by atoms with Crippen LogP contribution in [0.4, 0.5) is 26.3 Å². The van der Waals surface area contributed by atoms with Crippen LogP contribution in [0, 0.1) is 5.92 Å². The van der Waals surface area contributed by atoms with E-state index in [1.54, 1.807) is 0 Å². The molecule has 2 aliphatic carbocycles. The molecule has 30 heavy (non-hydrogen) atoms. The van der Waals surface area contributed by atoms with Crippen molar-refractivity contribution in [2.45, 2.75) is 45.0 Å². The first kappa shape index (κ1) is 20.8. The molecule has 2 aromatic rings. The fourth-order valence-electron chi connectivity index (χ4n) is 5.05. The fraction of sp³-hybridized carbons (Fsp3) is 0.333. The highest BCUT2D eigenvalue weighted by molar-refractivity contribution is 5.70. The molecule has 4 rings (SSSR count). The molecule has 2 unspecified atom stereocenters. The Morgan fingerprint density at radius 3 is 1.37 bits per heavy atom. The van der Waals surface area contributed by atoms with Gasteiger partial charge in [0.15, 0.2) is 0 Å². The molecule has 0 radical (unpaired) electrons. The molecule has 0 nitrogen and oxygen atoms in total.